The predicted octanol–water partition coefficient (Wildman–Crippen LogP) is 4.25. The second-order valence-corrected chi connectivity index (χ2v) is 10.2. The molecule has 1 aliphatic carbocycles. The molecule has 6 rings (SSSR count). The SMILES string of the molecule is Cc1ccccc1-n1ncc2c(C3CC3)nn(CC(=O)N3CCC(Cc4ccccc4)CC3)c(=O)c21. The number of likely N-dealkylation sites (tertiary alicyclic amines) is 1. The van der Waals surface area contributed by atoms with Crippen LogP contribution in [0.2, 0.25) is 0 Å². The highest BCUT2D eigenvalue weighted by molar-refractivity contribution is 5.83. The van der Waals surface area contributed by atoms with Crippen LogP contribution < -0.4 is 5.56 Å². The Morgan fingerprint density at radius 2 is 1.69 bits per heavy atom. The summed E-state index contributed by atoms with van der Waals surface area (Å²) in [5.74, 6) is 0.877. The molecule has 0 bridgehead atoms. The molecule has 1 saturated heterocycles. The number of nitrogens with zero attached hydrogens (tertiary/aromatic N) is 5. The third-order valence-electron chi connectivity index (χ3n) is 7.64. The van der Waals surface area contributed by atoms with Crippen molar-refractivity contribution in [3.63, 3.8) is 0 Å². The molecule has 1 amide bonds. The van der Waals surface area contributed by atoms with Gasteiger partial charge in [0.15, 0.2) is 0 Å². The summed E-state index contributed by atoms with van der Waals surface area (Å²) in [6, 6.07) is 18.4. The van der Waals surface area contributed by atoms with Crippen molar-refractivity contribution in [3.05, 3.63) is 88.0 Å². The summed E-state index contributed by atoms with van der Waals surface area (Å²) in [5.41, 5.74) is 4.39. The van der Waals surface area contributed by atoms with Gasteiger partial charge in [-0.1, -0.05) is 48.5 Å². The molecule has 36 heavy (non-hydrogen) atoms. The highest BCUT2D eigenvalue weighted by Gasteiger charge is 2.31. The van der Waals surface area contributed by atoms with Crippen molar-refractivity contribution in [3.8, 4) is 5.69 Å². The van der Waals surface area contributed by atoms with Crippen molar-refractivity contribution >= 4 is 16.8 Å². The van der Waals surface area contributed by atoms with Crippen molar-refractivity contribution in [2.24, 2.45) is 5.92 Å². The van der Waals surface area contributed by atoms with Crippen LogP contribution >= 0.6 is 0 Å². The van der Waals surface area contributed by atoms with Gasteiger partial charge in [0, 0.05) is 24.4 Å². The first-order valence-electron chi connectivity index (χ1n) is 12.9. The summed E-state index contributed by atoms with van der Waals surface area (Å²) in [5, 5.41) is 10.1. The molecule has 0 radical (unpaired) electrons. The number of aryl methyl sites for hydroxylation is 1. The van der Waals surface area contributed by atoms with E-state index in [0.29, 0.717) is 17.4 Å². The zero-order valence-corrected chi connectivity index (χ0v) is 20.6. The van der Waals surface area contributed by atoms with Gasteiger partial charge < -0.3 is 4.90 Å². The minimum absolute atomic E-state index is 0.0310. The maximum absolute atomic E-state index is 13.6. The lowest BCUT2D eigenvalue weighted by atomic mass is 9.90. The molecule has 3 heterocycles. The van der Waals surface area contributed by atoms with Gasteiger partial charge in [0.2, 0.25) is 5.91 Å². The number of hydrogen-bond acceptors (Lipinski definition) is 4. The van der Waals surface area contributed by atoms with E-state index in [1.807, 2.05) is 42.2 Å². The summed E-state index contributed by atoms with van der Waals surface area (Å²) in [6.45, 7) is 3.43. The van der Waals surface area contributed by atoms with Crippen LogP contribution in [0.4, 0.5) is 0 Å². The van der Waals surface area contributed by atoms with E-state index in [4.69, 9.17) is 5.10 Å². The fourth-order valence-electron chi connectivity index (χ4n) is 5.40. The van der Waals surface area contributed by atoms with Gasteiger partial charge in [-0.05, 0) is 62.1 Å². The maximum atomic E-state index is 13.6. The smallest absolute Gasteiger partial charge is 0.293 e. The molecule has 0 spiro atoms. The number of fused-ring (bicyclic) bond motifs is 1. The molecule has 2 aromatic heterocycles. The average Bonchev–Trinajstić information content (AvgIpc) is 3.65. The zero-order chi connectivity index (χ0) is 24.6. The van der Waals surface area contributed by atoms with Crippen LogP contribution in [-0.2, 0) is 17.8 Å². The van der Waals surface area contributed by atoms with Crippen molar-refractivity contribution in [1.82, 2.24) is 24.5 Å². The number of amides is 1. The number of para-hydroxylation sites is 1. The molecular weight excluding hydrogens is 450 g/mol. The summed E-state index contributed by atoms with van der Waals surface area (Å²) >= 11 is 0. The highest BCUT2D eigenvalue weighted by Crippen LogP contribution is 2.41. The molecule has 1 aliphatic heterocycles. The number of carbonyl (C=O) groups is 1. The van der Waals surface area contributed by atoms with Crippen molar-refractivity contribution in [2.75, 3.05) is 13.1 Å². The monoisotopic (exact) mass is 481 g/mol. The fraction of sp³-hybridized carbons (Fsp3) is 0.379. The normalized spacial score (nSPS) is 16.5. The van der Waals surface area contributed by atoms with Crippen LogP contribution in [-0.4, -0.2) is 43.5 Å². The number of benzene rings is 2. The number of carbonyl (C=O) groups excluding carboxylic acids is 1. The molecule has 0 atom stereocenters. The fourth-order valence-corrected chi connectivity index (χ4v) is 5.40. The molecule has 7 nitrogen and oxygen atoms in total. The lowest BCUT2D eigenvalue weighted by Gasteiger charge is -2.32. The Morgan fingerprint density at radius 1 is 0.972 bits per heavy atom. The third-order valence-corrected chi connectivity index (χ3v) is 7.64. The molecular formula is C29H31N5O2. The Bertz CT molecular complexity index is 1460. The van der Waals surface area contributed by atoms with Crippen molar-refractivity contribution < 1.29 is 4.79 Å². The van der Waals surface area contributed by atoms with Gasteiger partial charge in [0.25, 0.3) is 5.56 Å². The first kappa shape index (κ1) is 22.7. The molecule has 1 saturated carbocycles. The molecule has 2 fully saturated rings. The summed E-state index contributed by atoms with van der Waals surface area (Å²) in [4.78, 5) is 28.8. The van der Waals surface area contributed by atoms with Crippen LogP contribution in [0.1, 0.15) is 48.4 Å². The Hall–Kier alpha value is -3.74. The second kappa shape index (κ2) is 9.37. The van der Waals surface area contributed by atoms with Gasteiger partial charge in [-0.3, -0.25) is 9.59 Å². The first-order valence-corrected chi connectivity index (χ1v) is 12.9. The minimum atomic E-state index is -0.262. The van der Waals surface area contributed by atoms with Gasteiger partial charge in [-0.15, -0.1) is 0 Å². The number of piperidine rings is 1. The third kappa shape index (κ3) is 4.34. The van der Waals surface area contributed by atoms with Gasteiger partial charge in [-0.25, -0.2) is 9.36 Å². The minimum Gasteiger partial charge on any atom is -0.341 e. The molecule has 0 unspecified atom stereocenters. The number of rotatable bonds is 6. The Labute approximate surface area is 210 Å². The first-order chi connectivity index (χ1) is 17.6. The van der Waals surface area contributed by atoms with E-state index in [0.717, 1.165) is 67.5 Å². The van der Waals surface area contributed by atoms with E-state index in [2.05, 4.69) is 29.4 Å². The van der Waals surface area contributed by atoms with E-state index in [-0.39, 0.29) is 18.0 Å². The summed E-state index contributed by atoms with van der Waals surface area (Å²) in [6.07, 6.45) is 6.88. The molecule has 7 heteroatoms. The van der Waals surface area contributed by atoms with E-state index in [9.17, 15) is 9.59 Å². The standard InChI is InChI=1S/C29H31N5O2/c1-20-7-5-6-10-25(20)34-28-24(18-30-34)27(23-11-12-23)31-33(29(28)36)19-26(35)32-15-13-22(14-16-32)17-21-8-3-2-4-9-21/h2-10,18,22-23H,11-17,19H2,1H3. The predicted molar refractivity (Wildman–Crippen MR) is 139 cm³/mol. The molecule has 0 N–H and O–H groups in total. The van der Waals surface area contributed by atoms with Crippen LogP contribution in [0.3, 0.4) is 0 Å². The van der Waals surface area contributed by atoms with E-state index >= 15 is 0 Å². The number of aromatic nitrogens is 4. The second-order valence-electron chi connectivity index (χ2n) is 10.2. The largest absolute Gasteiger partial charge is 0.341 e. The Kier molecular flexibility index (Phi) is 5.91. The van der Waals surface area contributed by atoms with E-state index in [1.54, 1.807) is 10.9 Å². The Balaban J connectivity index is 1.24. The molecule has 4 aromatic rings. The van der Waals surface area contributed by atoms with Crippen LogP contribution in [0.25, 0.3) is 16.6 Å². The van der Waals surface area contributed by atoms with Gasteiger partial charge >= 0.3 is 0 Å². The molecule has 2 aliphatic rings. The van der Waals surface area contributed by atoms with Crippen molar-refractivity contribution in [2.45, 2.75) is 51.5 Å². The van der Waals surface area contributed by atoms with Crippen molar-refractivity contribution in [1.29, 1.82) is 0 Å². The maximum Gasteiger partial charge on any atom is 0.293 e. The summed E-state index contributed by atoms with van der Waals surface area (Å²) in [7, 11) is 0. The lowest BCUT2D eigenvalue weighted by Crippen LogP contribution is -2.42. The molecule has 2 aromatic carbocycles. The van der Waals surface area contributed by atoms with E-state index < -0.39 is 0 Å². The zero-order valence-electron chi connectivity index (χ0n) is 20.6. The van der Waals surface area contributed by atoms with Crippen LogP contribution in [0.5, 0.6) is 0 Å². The summed E-state index contributed by atoms with van der Waals surface area (Å²) < 4.78 is 3.10. The number of hydrogen-bond donors (Lipinski definition) is 0. The quantitative estimate of drug-likeness (QED) is 0.413. The Morgan fingerprint density at radius 3 is 2.42 bits per heavy atom. The van der Waals surface area contributed by atoms with E-state index in [1.165, 1.54) is 10.2 Å². The van der Waals surface area contributed by atoms with Crippen LogP contribution in [0.15, 0.2) is 65.6 Å². The molecule has 184 valence electrons. The highest BCUT2D eigenvalue weighted by atomic mass is 16.2. The van der Waals surface area contributed by atoms with Crippen LogP contribution in [0, 0.1) is 12.8 Å². The van der Waals surface area contributed by atoms with Gasteiger partial charge in [-0.2, -0.15) is 10.2 Å². The topological polar surface area (TPSA) is 73.0 Å². The van der Waals surface area contributed by atoms with Gasteiger partial charge in [0.05, 0.1) is 17.6 Å². The average molecular weight is 482 g/mol. The van der Waals surface area contributed by atoms with Gasteiger partial charge in [0.1, 0.15) is 12.1 Å². The lowest BCUT2D eigenvalue weighted by molar-refractivity contribution is -0.133.